The van der Waals surface area contributed by atoms with Crippen LogP contribution >= 0.6 is 0 Å². The molecule has 7 nitrogen and oxygen atoms in total. The van der Waals surface area contributed by atoms with E-state index in [0.717, 1.165) is 10.7 Å². The van der Waals surface area contributed by atoms with E-state index in [2.05, 4.69) is 15.1 Å². The smallest absolute Gasteiger partial charge is 0.433 e. The first-order chi connectivity index (χ1) is 11.7. The van der Waals surface area contributed by atoms with Crippen LogP contribution in [0.4, 0.5) is 13.2 Å². The number of pyridine rings is 1. The van der Waals surface area contributed by atoms with Crippen LogP contribution in [0, 0.1) is 6.92 Å². The second kappa shape index (κ2) is 5.87. The molecule has 0 N–H and O–H groups in total. The summed E-state index contributed by atoms with van der Waals surface area (Å²) in [5.41, 5.74) is -2.16. The topological polar surface area (TPSA) is 82.5 Å². The zero-order chi connectivity index (χ0) is 18.4. The molecule has 0 atom stereocenters. The molecule has 0 saturated heterocycles. The summed E-state index contributed by atoms with van der Waals surface area (Å²) < 4.78 is 49.7. The van der Waals surface area contributed by atoms with Gasteiger partial charge in [-0.15, -0.1) is 5.10 Å². The predicted molar refractivity (Wildman–Crippen MR) is 83.4 cm³/mol. The van der Waals surface area contributed by atoms with Gasteiger partial charge in [0.05, 0.1) is 12.0 Å². The van der Waals surface area contributed by atoms with Crippen molar-refractivity contribution in [3.8, 4) is 0 Å². The summed E-state index contributed by atoms with van der Waals surface area (Å²) in [4.78, 5) is 20.2. The van der Waals surface area contributed by atoms with Crippen molar-refractivity contribution in [2.75, 3.05) is 6.61 Å². The van der Waals surface area contributed by atoms with Gasteiger partial charge in [-0.25, -0.2) is 9.97 Å². The Kier molecular flexibility index (Phi) is 3.97. The van der Waals surface area contributed by atoms with Gasteiger partial charge in [0.1, 0.15) is 17.0 Å². The zero-order valence-corrected chi connectivity index (χ0v) is 13.5. The lowest BCUT2D eigenvalue weighted by molar-refractivity contribution is -0.141. The molecule has 3 rings (SSSR count). The highest BCUT2D eigenvalue weighted by Crippen LogP contribution is 2.31. The summed E-state index contributed by atoms with van der Waals surface area (Å²) in [6, 6.07) is 2.00. The van der Waals surface area contributed by atoms with Crippen LogP contribution in [-0.2, 0) is 10.9 Å². The lowest BCUT2D eigenvalue weighted by atomic mass is 10.2. The minimum absolute atomic E-state index is 0.138. The third kappa shape index (κ3) is 2.94. The molecule has 0 bridgehead atoms. The number of hydrogen-bond donors (Lipinski definition) is 0. The average molecular weight is 354 g/mol. The molecule has 0 fully saturated rings. The molecule has 25 heavy (non-hydrogen) atoms. The van der Waals surface area contributed by atoms with Crippen molar-refractivity contribution in [3.05, 3.63) is 34.0 Å². The first kappa shape index (κ1) is 16.9. The fraction of sp³-hybridized carbons (Fsp3) is 0.333. The Labute approximate surface area is 138 Å². The molecule has 10 heteroatoms. The number of aromatic nitrogens is 3. The van der Waals surface area contributed by atoms with Gasteiger partial charge in [-0.1, -0.05) is 0 Å². The largest absolute Gasteiger partial charge is 0.480 e. The molecule has 0 spiro atoms. The van der Waals surface area contributed by atoms with Gasteiger partial charge in [0.15, 0.2) is 0 Å². The highest BCUT2D eigenvalue weighted by molar-refractivity contribution is 6.00. The van der Waals surface area contributed by atoms with E-state index in [9.17, 15) is 18.0 Å². The lowest BCUT2D eigenvalue weighted by Crippen LogP contribution is -2.21. The Morgan fingerprint density at radius 1 is 1.36 bits per heavy atom. The highest BCUT2D eigenvalue weighted by Gasteiger charge is 2.33. The molecule has 0 aliphatic heterocycles. The van der Waals surface area contributed by atoms with E-state index in [1.165, 1.54) is 6.07 Å². The summed E-state index contributed by atoms with van der Waals surface area (Å²) >= 11 is 0. The molecule has 0 aromatic carbocycles. The van der Waals surface area contributed by atoms with Gasteiger partial charge in [0.2, 0.25) is 17.2 Å². The minimum Gasteiger partial charge on any atom is -0.480 e. The highest BCUT2D eigenvalue weighted by atomic mass is 19.4. The van der Waals surface area contributed by atoms with E-state index in [4.69, 9.17) is 9.15 Å². The van der Waals surface area contributed by atoms with Gasteiger partial charge in [-0.05, 0) is 26.0 Å². The van der Waals surface area contributed by atoms with Crippen LogP contribution < -0.4 is 5.56 Å². The van der Waals surface area contributed by atoms with Crippen molar-refractivity contribution in [3.63, 3.8) is 0 Å². The molecular formula is C15H13F3N4O3. The molecule has 132 valence electrons. The predicted octanol–water partition coefficient (Wildman–Crippen LogP) is 3.08. The van der Waals surface area contributed by atoms with Crippen molar-refractivity contribution in [1.82, 2.24) is 14.6 Å². The van der Waals surface area contributed by atoms with Crippen molar-refractivity contribution < 1.29 is 22.3 Å². The van der Waals surface area contributed by atoms with Crippen LogP contribution in [0.1, 0.15) is 25.4 Å². The number of alkyl halides is 3. The monoisotopic (exact) mass is 354 g/mol. The molecule has 3 heterocycles. The number of rotatable bonds is 2. The number of halogens is 3. The lowest BCUT2D eigenvalue weighted by Gasteiger charge is -2.05. The van der Waals surface area contributed by atoms with Crippen molar-refractivity contribution in [2.24, 2.45) is 5.10 Å². The van der Waals surface area contributed by atoms with Gasteiger partial charge in [0.25, 0.3) is 0 Å². The Hall–Kier alpha value is -2.91. The van der Waals surface area contributed by atoms with Crippen LogP contribution in [0.5, 0.6) is 0 Å². The second-order valence-electron chi connectivity index (χ2n) is 5.15. The molecule has 3 aromatic heterocycles. The molecular weight excluding hydrogens is 341 g/mol. The van der Waals surface area contributed by atoms with E-state index in [0.29, 0.717) is 6.61 Å². The maximum absolute atomic E-state index is 12.8. The third-order valence-corrected chi connectivity index (χ3v) is 3.38. The van der Waals surface area contributed by atoms with Crippen molar-refractivity contribution >= 4 is 28.1 Å². The molecule has 0 aliphatic carbocycles. The quantitative estimate of drug-likeness (QED) is 0.522. The van der Waals surface area contributed by atoms with Gasteiger partial charge in [0, 0.05) is 6.92 Å². The summed E-state index contributed by atoms with van der Waals surface area (Å²) in [5, 5.41) is 4.22. The number of hydrogen-bond acceptors (Lipinski definition) is 6. The maximum Gasteiger partial charge on any atom is 0.433 e. The Morgan fingerprint density at radius 3 is 2.72 bits per heavy atom. The van der Waals surface area contributed by atoms with Crippen LogP contribution in [0.2, 0.25) is 0 Å². The fourth-order valence-corrected chi connectivity index (χ4v) is 2.33. The molecule has 0 saturated carbocycles. The molecule has 0 aliphatic rings. The van der Waals surface area contributed by atoms with Gasteiger partial charge < -0.3 is 9.15 Å². The first-order valence-corrected chi connectivity index (χ1v) is 7.31. The van der Waals surface area contributed by atoms with Crippen LogP contribution in [0.3, 0.4) is 0 Å². The Morgan fingerprint density at radius 2 is 2.08 bits per heavy atom. The second-order valence-corrected chi connectivity index (χ2v) is 5.15. The maximum atomic E-state index is 12.8. The molecule has 0 radical (unpaired) electrons. The number of ether oxygens (including phenoxy) is 1. The normalized spacial score (nSPS) is 13.0. The SMILES string of the molecule is CCO/C(C)=N/n1c(C)nc2c(oc3nc(C(F)(F)F)ccc32)c1=O. The van der Waals surface area contributed by atoms with E-state index >= 15 is 0 Å². The van der Waals surface area contributed by atoms with E-state index in [1.54, 1.807) is 20.8 Å². The van der Waals surface area contributed by atoms with E-state index < -0.39 is 17.4 Å². The van der Waals surface area contributed by atoms with Crippen LogP contribution in [0.15, 0.2) is 26.4 Å². The summed E-state index contributed by atoms with van der Waals surface area (Å²) in [6.45, 7) is 5.24. The summed E-state index contributed by atoms with van der Waals surface area (Å²) in [5.74, 6) is 0.474. The van der Waals surface area contributed by atoms with Gasteiger partial charge in [-0.2, -0.15) is 17.8 Å². The Balaban J connectivity index is 2.27. The number of furan rings is 1. The fourth-order valence-electron chi connectivity index (χ4n) is 2.33. The summed E-state index contributed by atoms with van der Waals surface area (Å²) in [7, 11) is 0. The van der Waals surface area contributed by atoms with E-state index in [-0.39, 0.29) is 33.9 Å². The van der Waals surface area contributed by atoms with Crippen LogP contribution in [0.25, 0.3) is 22.2 Å². The Bertz CT molecular complexity index is 1050. The first-order valence-electron chi connectivity index (χ1n) is 7.31. The van der Waals surface area contributed by atoms with Gasteiger partial charge in [-0.3, -0.25) is 4.79 Å². The third-order valence-electron chi connectivity index (χ3n) is 3.38. The van der Waals surface area contributed by atoms with Gasteiger partial charge >= 0.3 is 11.7 Å². The summed E-state index contributed by atoms with van der Waals surface area (Å²) in [6.07, 6.45) is -4.62. The van der Waals surface area contributed by atoms with Crippen molar-refractivity contribution in [1.29, 1.82) is 0 Å². The standard InChI is InChI=1S/C15H13F3N4O3/c1-4-24-8(3)21-22-7(2)19-11-9-5-6-10(15(16,17)18)20-13(9)25-12(11)14(22)23/h5-6H,4H2,1-3H3/b21-8+. The number of fused-ring (bicyclic) bond motifs is 3. The van der Waals surface area contributed by atoms with Crippen molar-refractivity contribution in [2.45, 2.75) is 26.9 Å². The minimum atomic E-state index is -4.62. The molecule has 0 unspecified atom stereocenters. The number of nitrogens with zero attached hydrogens (tertiary/aromatic N) is 4. The average Bonchev–Trinajstić information content (AvgIpc) is 2.89. The molecule has 0 amide bonds. The number of aryl methyl sites for hydroxylation is 1. The zero-order valence-electron chi connectivity index (χ0n) is 13.5. The molecule has 3 aromatic rings. The van der Waals surface area contributed by atoms with E-state index in [1.807, 2.05) is 0 Å². The van der Waals surface area contributed by atoms with Crippen LogP contribution in [-0.4, -0.2) is 27.1 Å².